The molecular formula is C50H30OSe. The van der Waals surface area contributed by atoms with Crippen molar-refractivity contribution in [3.05, 3.63) is 182 Å². The van der Waals surface area contributed by atoms with Crippen molar-refractivity contribution < 1.29 is 4.42 Å². The van der Waals surface area contributed by atoms with Crippen molar-refractivity contribution in [1.29, 1.82) is 0 Å². The van der Waals surface area contributed by atoms with Gasteiger partial charge in [0, 0.05) is 0 Å². The molecule has 0 atom stereocenters. The molecule has 0 saturated carbocycles. The van der Waals surface area contributed by atoms with Crippen molar-refractivity contribution >= 4 is 76.9 Å². The fraction of sp³-hybridized carbons (Fsp3) is 0. The second kappa shape index (κ2) is 11.7. The summed E-state index contributed by atoms with van der Waals surface area (Å²) in [7, 11) is 0. The summed E-state index contributed by atoms with van der Waals surface area (Å²) in [6.07, 6.45) is 3.64. The van der Waals surface area contributed by atoms with Gasteiger partial charge in [-0.25, -0.2) is 0 Å². The standard InChI is InChI=1S/C50H30OSe/c1-2-13-31(14-3-1)46-34-15-4-6-17-36(34)47(37-18-7-5-16-35(37)46)32-25-26-42-45(29-32)52-44-24-12-23-43(50(42)44)49-40-21-10-8-19-38(40)48(33-27-28-51-30-33)39-20-9-11-22-41(39)49/h1-30H. The van der Waals surface area contributed by atoms with Gasteiger partial charge < -0.3 is 0 Å². The second-order valence-corrected chi connectivity index (χ2v) is 15.8. The quantitative estimate of drug-likeness (QED) is 0.130. The van der Waals surface area contributed by atoms with E-state index in [0.717, 1.165) is 5.56 Å². The normalized spacial score (nSPS) is 11.8. The zero-order chi connectivity index (χ0) is 34.2. The molecule has 0 aliphatic rings. The molecule has 11 aromatic rings. The van der Waals surface area contributed by atoms with Crippen molar-refractivity contribution in [2.24, 2.45) is 0 Å². The monoisotopic (exact) mass is 726 g/mol. The summed E-state index contributed by atoms with van der Waals surface area (Å²) in [6, 6.07) is 62.8. The number of benzene rings is 9. The van der Waals surface area contributed by atoms with Gasteiger partial charge in [0.2, 0.25) is 0 Å². The summed E-state index contributed by atoms with van der Waals surface area (Å²) in [4.78, 5) is 0. The molecule has 242 valence electrons. The van der Waals surface area contributed by atoms with Crippen molar-refractivity contribution in [2.75, 3.05) is 0 Å². The van der Waals surface area contributed by atoms with E-state index in [1.165, 1.54) is 101 Å². The number of furan rings is 1. The Hall–Kier alpha value is -6.18. The summed E-state index contributed by atoms with van der Waals surface area (Å²) in [5, 5.41) is 12.9. The number of hydrogen-bond donors (Lipinski definition) is 0. The van der Waals surface area contributed by atoms with Crippen LogP contribution in [0.4, 0.5) is 0 Å². The Morgan fingerprint density at radius 1 is 0.327 bits per heavy atom. The van der Waals surface area contributed by atoms with E-state index in [-0.39, 0.29) is 14.5 Å². The summed E-state index contributed by atoms with van der Waals surface area (Å²) in [6.45, 7) is 0. The van der Waals surface area contributed by atoms with E-state index >= 15 is 0 Å². The van der Waals surface area contributed by atoms with Crippen LogP contribution in [0.3, 0.4) is 0 Å². The summed E-state index contributed by atoms with van der Waals surface area (Å²) < 4.78 is 8.48. The van der Waals surface area contributed by atoms with Crippen LogP contribution in [0.1, 0.15) is 0 Å². The number of rotatable bonds is 4. The molecule has 0 unspecified atom stereocenters. The molecule has 0 spiro atoms. The first-order valence-electron chi connectivity index (χ1n) is 17.7. The molecule has 0 bridgehead atoms. The molecule has 0 N–H and O–H groups in total. The van der Waals surface area contributed by atoms with Gasteiger partial charge in [-0.2, -0.15) is 0 Å². The van der Waals surface area contributed by atoms with Gasteiger partial charge in [-0.05, 0) is 0 Å². The average molecular weight is 726 g/mol. The van der Waals surface area contributed by atoms with E-state index in [2.05, 4.69) is 170 Å². The van der Waals surface area contributed by atoms with Gasteiger partial charge in [0.1, 0.15) is 0 Å². The Bertz CT molecular complexity index is 3050. The third-order valence-corrected chi connectivity index (χ3v) is 13.1. The molecule has 2 heterocycles. The molecule has 9 aromatic carbocycles. The van der Waals surface area contributed by atoms with Crippen LogP contribution in [-0.2, 0) is 0 Å². The fourth-order valence-electron chi connectivity index (χ4n) is 8.68. The van der Waals surface area contributed by atoms with Gasteiger partial charge in [-0.3, -0.25) is 0 Å². The molecule has 11 rings (SSSR count). The van der Waals surface area contributed by atoms with Crippen molar-refractivity contribution in [3.8, 4) is 44.5 Å². The molecule has 1 nitrogen and oxygen atoms in total. The third-order valence-electron chi connectivity index (χ3n) is 10.8. The summed E-state index contributed by atoms with van der Waals surface area (Å²) in [5.41, 5.74) is 10.1. The maximum absolute atomic E-state index is 5.60. The van der Waals surface area contributed by atoms with Gasteiger partial charge >= 0.3 is 308 Å². The van der Waals surface area contributed by atoms with E-state index in [0.29, 0.717) is 0 Å². The zero-order valence-corrected chi connectivity index (χ0v) is 29.9. The van der Waals surface area contributed by atoms with Crippen LogP contribution < -0.4 is 0 Å². The fourth-order valence-corrected chi connectivity index (χ4v) is 11.1. The summed E-state index contributed by atoms with van der Waals surface area (Å²) in [5.74, 6) is 0. The Balaban J connectivity index is 1.19. The van der Waals surface area contributed by atoms with Gasteiger partial charge in [0.15, 0.2) is 0 Å². The van der Waals surface area contributed by atoms with Crippen LogP contribution in [0.2, 0.25) is 0 Å². The molecular weight excluding hydrogens is 696 g/mol. The van der Waals surface area contributed by atoms with E-state index in [4.69, 9.17) is 4.42 Å². The van der Waals surface area contributed by atoms with E-state index in [1.54, 1.807) is 6.26 Å². The van der Waals surface area contributed by atoms with Gasteiger partial charge in [-0.15, -0.1) is 0 Å². The Kier molecular flexibility index (Phi) is 6.64. The predicted octanol–water partition coefficient (Wildman–Crippen LogP) is 13.9. The molecule has 0 radical (unpaired) electrons. The number of hydrogen-bond acceptors (Lipinski definition) is 1. The summed E-state index contributed by atoms with van der Waals surface area (Å²) >= 11 is 0.175. The zero-order valence-electron chi connectivity index (χ0n) is 28.1. The Morgan fingerprint density at radius 3 is 1.37 bits per heavy atom. The van der Waals surface area contributed by atoms with E-state index < -0.39 is 0 Å². The van der Waals surface area contributed by atoms with Gasteiger partial charge in [0.25, 0.3) is 0 Å². The van der Waals surface area contributed by atoms with Crippen LogP contribution in [0.15, 0.2) is 187 Å². The predicted molar refractivity (Wildman–Crippen MR) is 222 cm³/mol. The molecule has 2 aromatic heterocycles. The van der Waals surface area contributed by atoms with Crippen LogP contribution in [0, 0.1) is 0 Å². The second-order valence-electron chi connectivity index (χ2n) is 13.6. The van der Waals surface area contributed by atoms with Crippen LogP contribution in [-0.4, -0.2) is 14.5 Å². The number of fused-ring (bicyclic) bond motifs is 7. The van der Waals surface area contributed by atoms with Crippen molar-refractivity contribution in [1.82, 2.24) is 0 Å². The van der Waals surface area contributed by atoms with E-state index in [9.17, 15) is 0 Å². The molecule has 0 saturated heterocycles. The Morgan fingerprint density at radius 2 is 0.827 bits per heavy atom. The van der Waals surface area contributed by atoms with Gasteiger partial charge in [-0.1, -0.05) is 0 Å². The topological polar surface area (TPSA) is 13.1 Å². The van der Waals surface area contributed by atoms with Crippen molar-refractivity contribution in [3.63, 3.8) is 0 Å². The molecule has 0 aliphatic carbocycles. The molecule has 0 amide bonds. The van der Waals surface area contributed by atoms with Crippen LogP contribution in [0.5, 0.6) is 0 Å². The minimum atomic E-state index is 0.175. The molecule has 52 heavy (non-hydrogen) atoms. The minimum absolute atomic E-state index is 0.175. The van der Waals surface area contributed by atoms with Gasteiger partial charge in [0.05, 0.1) is 0 Å². The van der Waals surface area contributed by atoms with Crippen molar-refractivity contribution in [2.45, 2.75) is 0 Å². The van der Waals surface area contributed by atoms with Crippen LogP contribution in [0.25, 0.3) is 107 Å². The van der Waals surface area contributed by atoms with Crippen LogP contribution >= 0.6 is 0 Å². The van der Waals surface area contributed by atoms with E-state index in [1.807, 2.05) is 6.26 Å². The third kappa shape index (κ3) is 4.36. The molecule has 2 heteroatoms. The Labute approximate surface area is 306 Å². The first-order valence-corrected chi connectivity index (χ1v) is 19.5. The molecule has 0 aliphatic heterocycles. The SMILES string of the molecule is c1ccc(-c2c3ccccc3c(-c3ccc4c(c3)[se]c3cccc(-c5c6ccccc6c(-c6ccoc6)c6ccccc56)c34)c3ccccc23)cc1. The maximum atomic E-state index is 5.60. The molecule has 0 fully saturated rings. The first-order chi connectivity index (χ1) is 25.8. The average Bonchev–Trinajstić information content (AvgIpc) is 3.87. The first kappa shape index (κ1) is 29.5.